The molecule has 21 heavy (non-hydrogen) atoms. The van der Waals surface area contributed by atoms with Crippen molar-refractivity contribution in [3.05, 3.63) is 16.4 Å². The van der Waals surface area contributed by atoms with Crippen molar-refractivity contribution in [1.82, 2.24) is 15.3 Å². The molecular formula is C13H18BrN3O3S. The molecule has 0 unspecified atom stereocenters. The summed E-state index contributed by atoms with van der Waals surface area (Å²) >= 11 is 4.58. The average molecular weight is 376 g/mol. The second kappa shape index (κ2) is 8.33. The van der Waals surface area contributed by atoms with Crippen LogP contribution < -0.4 is 5.32 Å². The molecule has 8 heteroatoms. The van der Waals surface area contributed by atoms with Gasteiger partial charge in [0.2, 0.25) is 0 Å². The summed E-state index contributed by atoms with van der Waals surface area (Å²) in [6, 6.07) is -0.693. The molecule has 1 amide bonds. The molecule has 0 aliphatic carbocycles. The molecule has 0 aromatic carbocycles. The van der Waals surface area contributed by atoms with Crippen LogP contribution in [0.5, 0.6) is 0 Å². The van der Waals surface area contributed by atoms with Gasteiger partial charge < -0.3 is 10.1 Å². The van der Waals surface area contributed by atoms with Crippen LogP contribution in [0.15, 0.2) is 15.8 Å². The van der Waals surface area contributed by atoms with Gasteiger partial charge in [0, 0.05) is 6.20 Å². The molecule has 0 saturated heterocycles. The van der Waals surface area contributed by atoms with Crippen LogP contribution in [0.2, 0.25) is 0 Å². The number of esters is 1. The highest BCUT2D eigenvalue weighted by atomic mass is 79.9. The van der Waals surface area contributed by atoms with Crippen molar-refractivity contribution in [2.75, 3.05) is 13.4 Å². The number of methoxy groups -OCH3 is 1. The normalized spacial score (nSPS) is 12.1. The molecule has 1 heterocycles. The maximum absolute atomic E-state index is 12.3. The number of hydrogen-bond donors (Lipinski definition) is 1. The van der Waals surface area contributed by atoms with Crippen LogP contribution in [0.25, 0.3) is 0 Å². The molecule has 1 aromatic rings. The van der Waals surface area contributed by atoms with Crippen molar-refractivity contribution in [3.8, 4) is 0 Å². The fourth-order valence-electron chi connectivity index (χ4n) is 1.66. The zero-order valence-corrected chi connectivity index (χ0v) is 14.7. The van der Waals surface area contributed by atoms with Crippen molar-refractivity contribution < 1.29 is 14.3 Å². The number of aromatic nitrogens is 2. The Balaban J connectivity index is 2.93. The Morgan fingerprint density at radius 3 is 2.67 bits per heavy atom. The number of carbonyl (C=O) groups is 2. The molecule has 1 N–H and O–H groups in total. The van der Waals surface area contributed by atoms with Crippen LogP contribution in [0, 0.1) is 5.92 Å². The standard InChI is InChI=1S/C13H18BrN3O3S/c1-7(2)5-9(12(19)20-3)16-11(18)10-8(14)6-15-13(17-10)21-4/h6-7,9H,5H2,1-4H3,(H,16,18)/t9-/m0/s1. The number of thioether (sulfide) groups is 1. The van der Waals surface area contributed by atoms with Gasteiger partial charge in [-0.05, 0) is 34.5 Å². The van der Waals surface area contributed by atoms with E-state index in [1.807, 2.05) is 20.1 Å². The molecule has 1 atom stereocenters. The first-order chi connectivity index (χ1) is 9.88. The first-order valence-corrected chi connectivity index (χ1v) is 8.36. The summed E-state index contributed by atoms with van der Waals surface area (Å²) in [5, 5.41) is 3.15. The molecule has 0 aliphatic rings. The highest BCUT2D eigenvalue weighted by Crippen LogP contribution is 2.17. The smallest absolute Gasteiger partial charge is 0.328 e. The third-order valence-corrected chi connectivity index (χ3v) is 3.76. The summed E-state index contributed by atoms with van der Waals surface area (Å²) in [5.74, 6) is -0.659. The lowest BCUT2D eigenvalue weighted by molar-refractivity contribution is -0.143. The van der Waals surface area contributed by atoms with E-state index in [9.17, 15) is 9.59 Å². The van der Waals surface area contributed by atoms with Gasteiger partial charge in [-0.25, -0.2) is 14.8 Å². The molecule has 1 rings (SSSR count). The number of nitrogens with one attached hydrogen (secondary N) is 1. The number of hydrogen-bond acceptors (Lipinski definition) is 6. The first kappa shape index (κ1) is 17.9. The fourth-order valence-corrected chi connectivity index (χ4v) is 2.37. The predicted molar refractivity (Wildman–Crippen MR) is 84.2 cm³/mol. The summed E-state index contributed by atoms with van der Waals surface area (Å²) in [6.45, 7) is 3.93. The largest absolute Gasteiger partial charge is 0.467 e. The van der Waals surface area contributed by atoms with Crippen molar-refractivity contribution in [2.24, 2.45) is 5.92 Å². The maximum atomic E-state index is 12.3. The molecule has 116 valence electrons. The van der Waals surface area contributed by atoms with E-state index in [1.165, 1.54) is 25.1 Å². The minimum absolute atomic E-state index is 0.201. The molecule has 0 saturated carbocycles. The molecule has 6 nitrogen and oxygen atoms in total. The number of rotatable bonds is 6. The van der Waals surface area contributed by atoms with E-state index in [-0.39, 0.29) is 11.6 Å². The van der Waals surface area contributed by atoms with Crippen LogP contribution in [0.4, 0.5) is 0 Å². The third kappa shape index (κ3) is 5.28. The molecule has 1 aromatic heterocycles. The van der Waals surface area contributed by atoms with E-state index >= 15 is 0 Å². The summed E-state index contributed by atoms with van der Waals surface area (Å²) < 4.78 is 5.20. The molecule has 0 bridgehead atoms. The van der Waals surface area contributed by atoms with E-state index in [2.05, 4.69) is 31.2 Å². The quantitative estimate of drug-likeness (QED) is 0.466. The zero-order chi connectivity index (χ0) is 16.0. The lowest BCUT2D eigenvalue weighted by Gasteiger charge is -2.18. The second-order valence-corrected chi connectivity index (χ2v) is 6.36. The van der Waals surface area contributed by atoms with E-state index in [0.29, 0.717) is 16.0 Å². The van der Waals surface area contributed by atoms with Gasteiger partial charge in [0.1, 0.15) is 11.7 Å². The van der Waals surface area contributed by atoms with Crippen LogP contribution in [-0.4, -0.2) is 41.3 Å². The Hall–Kier alpha value is -1.15. The van der Waals surface area contributed by atoms with Gasteiger partial charge in [-0.2, -0.15) is 0 Å². The summed E-state index contributed by atoms with van der Waals surface area (Å²) in [5.41, 5.74) is 0.201. The number of halogens is 1. The lowest BCUT2D eigenvalue weighted by Crippen LogP contribution is -2.42. The van der Waals surface area contributed by atoms with Crippen LogP contribution in [0.3, 0.4) is 0 Å². The highest BCUT2D eigenvalue weighted by molar-refractivity contribution is 9.10. The SMILES string of the molecule is COC(=O)[C@H](CC(C)C)NC(=O)c1nc(SC)ncc1Br. The Morgan fingerprint density at radius 2 is 2.14 bits per heavy atom. The Kier molecular flexibility index (Phi) is 7.10. The minimum Gasteiger partial charge on any atom is -0.467 e. The third-order valence-electron chi connectivity index (χ3n) is 2.62. The molecular weight excluding hydrogens is 358 g/mol. The van der Waals surface area contributed by atoms with Crippen LogP contribution in [0.1, 0.15) is 30.8 Å². The summed E-state index contributed by atoms with van der Waals surface area (Å²) in [7, 11) is 1.30. The van der Waals surface area contributed by atoms with Gasteiger partial charge in [-0.1, -0.05) is 25.6 Å². The summed E-state index contributed by atoms with van der Waals surface area (Å²) in [4.78, 5) is 32.2. The van der Waals surface area contributed by atoms with Crippen LogP contribution in [-0.2, 0) is 9.53 Å². The van der Waals surface area contributed by atoms with Gasteiger partial charge in [0.15, 0.2) is 5.16 Å². The van der Waals surface area contributed by atoms with E-state index in [0.717, 1.165) is 0 Å². The van der Waals surface area contributed by atoms with Crippen molar-refractivity contribution in [1.29, 1.82) is 0 Å². The van der Waals surface area contributed by atoms with Crippen molar-refractivity contribution >= 4 is 39.6 Å². The Bertz CT molecular complexity index is 525. The predicted octanol–water partition coefficient (Wildman–Crippen LogP) is 2.28. The van der Waals surface area contributed by atoms with Gasteiger partial charge >= 0.3 is 5.97 Å². The minimum atomic E-state index is -0.693. The Labute approximate surface area is 136 Å². The fraction of sp³-hybridized carbons (Fsp3) is 0.538. The topological polar surface area (TPSA) is 81.2 Å². The number of ether oxygens (including phenoxy) is 1. The zero-order valence-electron chi connectivity index (χ0n) is 12.3. The number of nitrogens with zero attached hydrogens (tertiary/aromatic N) is 2. The summed E-state index contributed by atoms with van der Waals surface area (Å²) in [6.07, 6.45) is 3.83. The molecule has 0 fully saturated rings. The van der Waals surface area contributed by atoms with Gasteiger partial charge in [-0.3, -0.25) is 4.79 Å². The van der Waals surface area contributed by atoms with Crippen LogP contribution >= 0.6 is 27.7 Å². The first-order valence-electron chi connectivity index (χ1n) is 6.34. The second-order valence-electron chi connectivity index (χ2n) is 4.73. The molecule has 0 aliphatic heterocycles. The monoisotopic (exact) mass is 375 g/mol. The lowest BCUT2D eigenvalue weighted by atomic mass is 10.0. The Morgan fingerprint density at radius 1 is 1.48 bits per heavy atom. The van der Waals surface area contributed by atoms with Gasteiger partial charge in [0.25, 0.3) is 5.91 Å². The van der Waals surface area contributed by atoms with Crippen molar-refractivity contribution in [2.45, 2.75) is 31.5 Å². The number of carbonyl (C=O) groups excluding carboxylic acids is 2. The molecule has 0 radical (unpaired) electrons. The highest BCUT2D eigenvalue weighted by Gasteiger charge is 2.25. The van der Waals surface area contributed by atoms with Gasteiger partial charge in [0.05, 0.1) is 11.6 Å². The average Bonchev–Trinajstić information content (AvgIpc) is 2.45. The van der Waals surface area contributed by atoms with E-state index in [1.54, 1.807) is 0 Å². The van der Waals surface area contributed by atoms with E-state index < -0.39 is 17.9 Å². The van der Waals surface area contributed by atoms with E-state index in [4.69, 9.17) is 4.74 Å². The number of amides is 1. The van der Waals surface area contributed by atoms with Gasteiger partial charge in [-0.15, -0.1) is 0 Å². The van der Waals surface area contributed by atoms with Crippen molar-refractivity contribution in [3.63, 3.8) is 0 Å². The molecule has 0 spiro atoms. The maximum Gasteiger partial charge on any atom is 0.328 e.